The zero-order valence-electron chi connectivity index (χ0n) is 23.4. The van der Waals surface area contributed by atoms with Crippen LogP contribution in [-0.4, -0.2) is 42.2 Å². The molecule has 2 fully saturated rings. The Hall–Kier alpha value is -2.21. The van der Waals surface area contributed by atoms with Gasteiger partial charge in [-0.05, 0) is 70.8 Å². The number of halogens is 2. The monoisotopic (exact) mass is 592 g/mol. The van der Waals surface area contributed by atoms with E-state index >= 15 is 0 Å². The van der Waals surface area contributed by atoms with Crippen molar-refractivity contribution in [2.75, 3.05) is 6.26 Å². The Morgan fingerprint density at radius 1 is 1.12 bits per heavy atom. The highest BCUT2D eigenvalue weighted by Crippen LogP contribution is 2.41. The molecule has 11 heteroatoms. The minimum atomic E-state index is -3.94. The Morgan fingerprint density at radius 2 is 1.80 bits per heavy atom. The Balaban J connectivity index is 1.36. The van der Waals surface area contributed by atoms with Crippen molar-refractivity contribution in [3.05, 3.63) is 57.6 Å². The number of aromatic nitrogens is 2. The van der Waals surface area contributed by atoms with Gasteiger partial charge < -0.3 is 14.9 Å². The summed E-state index contributed by atoms with van der Waals surface area (Å²) in [6, 6.07) is 9.62. The quantitative estimate of drug-likeness (QED) is 0.279. The first-order valence-corrected chi connectivity index (χ1v) is 16.6. The number of para-hydroxylation sites is 1. The van der Waals surface area contributed by atoms with Crippen LogP contribution in [0.2, 0.25) is 0 Å². The van der Waals surface area contributed by atoms with E-state index in [0.717, 1.165) is 41.8 Å². The minimum Gasteiger partial charge on any atom is -0.340 e. The fourth-order valence-corrected chi connectivity index (χ4v) is 8.73. The third-order valence-electron chi connectivity index (χ3n) is 8.68. The summed E-state index contributed by atoms with van der Waals surface area (Å²) in [4.78, 5) is 16.4. The molecule has 0 aliphatic heterocycles. The molecule has 0 saturated heterocycles. The number of alkyl halides is 2. The van der Waals surface area contributed by atoms with Gasteiger partial charge in [0, 0.05) is 70.3 Å². The number of benzene rings is 1. The molecule has 218 valence electrons. The average Bonchev–Trinajstić information content (AvgIpc) is 3.19. The number of sulfonamides is 1. The lowest BCUT2D eigenvalue weighted by molar-refractivity contribution is -0.0957. The summed E-state index contributed by atoms with van der Waals surface area (Å²) >= 11 is 1.41. The van der Waals surface area contributed by atoms with Crippen LogP contribution in [0.5, 0.6) is 0 Å². The second kappa shape index (κ2) is 11.2. The number of aromatic amines is 1. The SMILES string of the molecule is CSc1cc(C)[nH]c(=O)c1CNS(=O)(=O)c1c(C)n([C@H](C)[C@H]2CC[C@H](NC3CC(F)(F)C3)CC2)c2ccccc12. The summed E-state index contributed by atoms with van der Waals surface area (Å²) in [6.07, 6.45) is 5.46. The normalized spacial score (nSPS) is 22.4. The van der Waals surface area contributed by atoms with Crippen LogP contribution in [0.1, 0.15) is 68.4 Å². The Morgan fingerprint density at radius 3 is 2.45 bits per heavy atom. The Kier molecular flexibility index (Phi) is 8.22. The van der Waals surface area contributed by atoms with Gasteiger partial charge in [-0.25, -0.2) is 21.9 Å². The number of nitrogens with one attached hydrogen (secondary N) is 3. The van der Waals surface area contributed by atoms with Crippen LogP contribution in [0.25, 0.3) is 10.9 Å². The number of nitrogens with zero attached hydrogens (tertiary/aromatic N) is 1. The maximum absolute atomic E-state index is 13.8. The second-order valence-corrected chi connectivity index (χ2v) is 14.0. The zero-order chi connectivity index (χ0) is 28.8. The molecule has 7 nitrogen and oxygen atoms in total. The van der Waals surface area contributed by atoms with Gasteiger partial charge in [0.15, 0.2) is 0 Å². The molecule has 2 aliphatic rings. The molecule has 3 N–H and O–H groups in total. The van der Waals surface area contributed by atoms with Gasteiger partial charge in [0.1, 0.15) is 4.90 Å². The lowest BCUT2D eigenvalue weighted by atomic mass is 9.80. The van der Waals surface area contributed by atoms with Crippen LogP contribution in [0.15, 0.2) is 44.9 Å². The van der Waals surface area contributed by atoms with Crippen LogP contribution in [0.3, 0.4) is 0 Å². The van der Waals surface area contributed by atoms with E-state index < -0.39 is 15.9 Å². The molecule has 0 bridgehead atoms. The largest absolute Gasteiger partial charge is 0.340 e. The van der Waals surface area contributed by atoms with Crippen molar-refractivity contribution in [2.45, 2.75) is 99.7 Å². The molecule has 1 atom stereocenters. The maximum Gasteiger partial charge on any atom is 0.253 e. The fourth-order valence-electron chi connectivity index (χ4n) is 6.59. The Labute approximate surface area is 238 Å². The molecule has 2 aliphatic carbocycles. The van der Waals surface area contributed by atoms with E-state index in [0.29, 0.717) is 22.6 Å². The highest BCUT2D eigenvalue weighted by molar-refractivity contribution is 7.98. The second-order valence-electron chi connectivity index (χ2n) is 11.4. The van der Waals surface area contributed by atoms with Gasteiger partial charge in [0.05, 0.1) is 0 Å². The maximum atomic E-state index is 13.8. The number of rotatable bonds is 9. The highest BCUT2D eigenvalue weighted by atomic mass is 32.2. The van der Waals surface area contributed by atoms with E-state index in [2.05, 4.69) is 26.5 Å². The molecule has 0 unspecified atom stereocenters. The van der Waals surface area contributed by atoms with Gasteiger partial charge in [0.2, 0.25) is 10.0 Å². The van der Waals surface area contributed by atoms with Crippen molar-refractivity contribution in [2.24, 2.45) is 5.92 Å². The van der Waals surface area contributed by atoms with Crippen molar-refractivity contribution < 1.29 is 17.2 Å². The molecule has 40 heavy (non-hydrogen) atoms. The van der Waals surface area contributed by atoms with Crippen molar-refractivity contribution in [1.82, 2.24) is 19.6 Å². The van der Waals surface area contributed by atoms with E-state index in [1.807, 2.05) is 43.5 Å². The number of aryl methyl sites for hydroxylation is 1. The van der Waals surface area contributed by atoms with E-state index in [1.54, 1.807) is 6.92 Å². The van der Waals surface area contributed by atoms with E-state index in [9.17, 15) is 22.0 Å². The molecule has 2 saturated carbocycles. The summed E-state index contributed by atoms with van der Waals surface area (Å²) in [7, 11) is -3.94. The van der Waals surface area contributed by atoms with Crippen LogP contribution < -0.4 is 15.6 Å². The van der Waals surface area contributed by atoms with Crippen LogP contribution in [0.4, 0.5) is 8.78 Å². The molecule has 3 aromatic rings. The summed E-state index contributed by atoms with van der Waals surface area (Å²) < 4.78 is 58.8. The topological polar surface area (TPSA) is 96.0 Å². The van der Waals surface area contributed by atoms with Crippen molar-refractivity contribution >= 4 is 32.7 Å². The lowest BCUT2D eigenvalue weighted by Gasteiger charge is -2.41. The van der Waals surface area contributed by atoms with E-state index in [4.69, 9.17) is 0 Å². The standard InChI is InChI=1S/C29H38F2N4O3S2/c1-17-13-26(39-4)24(28(36)33-17)16-32-40(37,38)27-19(3)35(25-8-6-5-7-23(25)27)18(2)20-9-11-21(12-10-20)34-22-14-29(30,31)15-22/h5-8,13,18,20-22,32,34H,9-12,14-16H2,1-4H3,(H,33,36)/t18-,20-,21-/m1/s1. The Bertz CT molecular complexity index is 1550. The number of thioether (sulfide) groups is 1. The van der Waals surface area contributed by atoms with Gasteiger partial charge in [-0.15, -0.1) is 11.8 Å². The smallest absolute Gasteiger partial charge is 0.253 e. The predicted molar refractivity (Wildman–Crippen MR) is 156 cm³/mol. The predicted octanol–water partition coefficient (Wildman–Crippen LogP) is 5.65. The third-order valence-corrected chi connectivity index (χ3v) is 11.1. The summed E-state index contributed by atoms with van der Waals surface area (Å²) in [5.41, 5.74) is 2.36. The summed E-state index contributed by atoms with van der Waals surface area (Å²) in [5, 5.41) is 4.07. The van der Waals surface area contributed by atoms with Gasteiger partial charge in [0.25, 0.3) is 11.5 Å². The third kappa shape index (κ3) is 5.75. The number of hydrogen-bond acceptors (Lipinski definition) is 5. The van der Waals surface area contributed by atoms with Crippen molar-refractivity contribution in [1.29, 1.82) is 0 Å². The molecule has 0 spiro atoms. The summed E-state index contributed by atoms with van der Waals surface area (Å²) in [5.74, 6) is -2.18. The average molecular weight is 593 g/mol. The molecule has 2 heterocycles. The first-order chi connectivity index (χ1) is 18.9. The number of pyridine rings is 1. The van der Waals surface area contributed by atoms with Crippen LogP contribution >= 0.6 is 11.8 Å². The molecule has 1 aromatic carbocycles. The minimum absolute atomic E-state index is 0.0610. The van der Waals surface area contributed by atoms with Crippen molar-refractivity contribution in [3.63, 3.8) is 0 Å². The van der Waals surface area contributed by atoms with Gasteiger partial charge in [-0.2, -0.15) is 0 Å². The number of hydrogen-bond donors (Lipinski definition) is 3. The van der Waals surface area contributed by atoms with Gasteiger partial charge in [-0.3, -0.25) is 4.79 Å². The first kappa shape index (κ1) is 29.3. The molecular weight excluding hydrogens is 554 g/mol. The lowest BCUT2D eigenvalue weighted by Crippen LogP contribution is -2.52. The van der Waals surface area contributed by atoms with Crippen molar-refractivity contribution in [3.8, 4) is 0 Å². The number of fused-ring (bicyclic) bond motifs is 1. The zero-order valence-corrected chi connectivity index (χ0v) is 25.0. The van der Waals surface area contributed by atoms with Crippen LogP contribution in [0, 0.1) is 19.8 Å². The fraction of sp³-hybridized carbons (Fsp3) is 0.552. The van der Waals surface area contributed by atoms with Gasteiger partial charge >= 0.3 is 0 Å². The number of H-pyrrole nitrogens is 1. The first-order valence-electron chi connectivity index (χ1n) is 13.9. The summed E-state index contributed by atoms with van der Waals surface area (Å²) in [6.45, 7) is 5.69. The molecule has 2 aromatic heterocycles. The highest BCUT2D eigenvalue weighted by Gasteiger charge is 2.46. The van der Waals surface area contributed by atoms with Crippen LogP contribution in [-0.2, 0) is 16.6 Å². The molecule has 5 rings (SSSR count). The molecule has 0 radical (unpaired) electrons. The van der Waals surface area contributed by atoms with Gasteiger partial charge in [-0.1, -0.05) is 18.2 Å². The molecular formula is C29H38F2N4O3S2. The van der Waals surface area contributed by atoms with E-state index in [1.165, 1.54) is 11.8 Å². The molecule has 0 amide bonds. The van der Waals surface area contributed by atoms with E-state index in [-0.39, 0.29) is 48.0 Å².